The minimum Gasteiger partial charge on any atom is -0.394 e. The fourth-order valence-electron chi connectivity index (χ4n) is 2.93. The van der Waals surface area contributed by atoms with Crippen LogP contribution < -0.4 is 5.73 Å². The minimum absolute atomic E-state index is 0.0913. The molecule has 0 aromatic heterocycles. The summed E-state index contributed by atoms with van der Waals surface area (Å²) in [4.78, 5) is 0. The van der Waals surface area contributed by atoms with E-state index in [1.165, 1.54) is 11.8 Å². The normalized spacial score (nSPS) is 47.3. The van der Waals surface area contributed by atoms with Gasteiger partial charge >= 0.3 is 0 Å². The second-order valence-corrected chi connectivity index (χ2v) is 8.23. The molecule has 0 amide bonds. The molecule has 21 heavy (non-hydrogen) atoms. The summed E-state index contributed by atoms with van der Waals surface area (Å²) in [6.07, 6.45) is -1.80. The van der Waals surface area contributed by atoms with E-state index in [0.717, 1.165) is 19.3 Å². The molecular formula is C14H27NO5S. The number of ether oxygens (including phenoxy) is 1. The van der Waals surface area contributed by atoms with E-state index in [0.29, 0.717) is 0 Å². The topological polar surface area (TPSA) is 116 Å². The summed E-state index contributed by atoms with van der Waals surface area (Å²) in [5, 5.41) is 39.1. The van der Waals surface area contributed by atoms with E-state index in [1.54, 1.807) is 0 Å². The van der Waals surface area contributed by atoms with Crippen LogP contribution in [0.4, 0.5) is 0 Å². The predicted octanol–water partition coefficient (Wildman–Crippen LogP) is -0.574. The number of rotatable bonds is 3. The molecule has 7 heteroatoms. The molecule has 6 nitrogen and oxygen atoms in total. The number of aliphatic hydroxyl groups excluding tert-OH is 4. The molecule has 2 aliphatic rings. The maximum absolute atomic E-state index is 10.1. The molecule has 6 N–H and O–H groups in total. The molecule has 1 aliphatic heterocycles. The highest BCUT2D eigenvalue weighted by Crippen LogP contribution is 2.42. The Hall–Kier alpha value is 0.110. The number of aliphatic hydroxyl groups is 4. The number of hydrogen-bond donors (Lipinski definition) is 5. The molecule has 124 valence electrons. The Morgan fingerprint density at radius 2 is 1.86 bits per heavy atom. The van der Waals surface area contributed by atoms with Crippen molar-refractivity contribution in [2.45, 2.75) is 74.3 Å². The van der Waals surface area contributed by atoms with E-state index in [4.69, 9.17) is 10.5 Å². The number of thioether (sulfide) groups is 1. The van der Waals surface area contributed by atoms with Crippen LogP contribution in [0.5, 0.6) is 0 Å². The average Bonchev–Trinajstić information content (AvgIpc) is 2.44. The van der Waals surface area contributed by atoms with E-state index in [-0.39, 0.29) is 23.3 Å². The third-order valence-electron chi connectivity index (χ3n) is 4.81. The lowest BCUT2D eigenvalue weighted by molar-refractivity contribution is -0.205. The summed E-state index contributed by atoms with van der Waals surface area (Å²) in [6, 6.07) is 0.0913. The Kier molecular flexibility index (Phi) is 5.57. The maximum Gasteiger partial charge on any atom is 0.132 e. The lowest BCUT2D eigenvalue weighted by atomic mass is 9.73. The van der Waals surface area contributed by atoms with Crippen LogP contribution in [0.25, 0.3) is 0 Å². The van der Waals surface area contributed by atoms with Crippen molar-refractivity contribution in [3.8, 4) is 0 Å². The van der Waals surface area contributed by atoms with Gasteiger partial charge in [-0.3, -0.25) is 0 Å². The average molecular weight is 321 g/mol. The fourth-order valence-corrected chi connectivity index (χ4v) is 4.41. The SMILES string of the molecule is CC1(C)CCC(S[C@@H]2OC(CO)[C@H](O)C(O)C2O)CC1N. The van der Waals surface area contributed by atoms with Crippen LogP contribution in [-0.2, 0) is 4.74 Å². The van der Waals surface area contributed by atoms with Crippen molar-refractivity contribution in [1.82, 2.24) is 0 Å². The van der Waals surface area contributed by atoms with Crippen LogP contribution in [0.3, 0.4) is 0 Å². The highest BCUT2D eigenvalue weighted by Gasteiger charge is 2.45. The Labute approximate surface area is 129 Å². The van der Waals surface area contributed by atoms with Gasteiger partial charge in [-0.25, -0.2) is 0 Å². The van der Waals surface area contributed by atoms with Crippen LogP contribution in [0.1, 0.15) is 33.1 Å². The monoisotopic (exact) mass is 321 g/mol. The third-order valence-corrected chi connectivity index (χ3v) is 6.28. The van der Waals surface area contributed by atoms with Crippen LogP contribution >= 0.6 is 11.8 Å². The zero-order valence-corrected chi connectivity index (χ0v) is 13.4. The van der Waals surface area contributed by atoms with E-state index in [9.17, 15) is 20.4 Å². The standard InChI is InChI=1S/C14H27NO5S/c1-14(2)4-3-7(5-9(14)15)21-13-12(19)11(18)10(17)8(6-16)20-13/h7-13,16-19H,3-6,15H2,1-2H3/t7?,8?,9?,10-,11?,12?,13-/m0/s1. The van der Waals surface area contributed by atoms with Gasteiger partial charge in [-0.1, -0.05) is 13.8 Å². The first-order valence-corrected chi connectivity index (χ1v) is 8.42. The maximum atomic E-state index is 10.1. The quantitative estimate of drug-likeness (QED) is 0.472. The molecule has 1 aliphatic carbocycles. The van der Waals surface area contributed by atoms with Crippen molar-refractivity contribution in [1.29, 1.82) is 0 Å². The second kappa shape index (κ2) is 6.70. The number of hydrogen-bond acceptors (Lipinski definition) is 7. The molecule has 0 aromatic carbocycles. The van der Waals surface area contributed by atoms with Crippen molar-refractivity contribution in [3.05, 3.63) is 0 Å². The molecule has 5 unspecified atom stereocenters. The zero-order chi connectivity index (χ0) is 15.8. The van der Waals surface area contributed by atoms with Gasteiger partial charge in [0, 0.05) is 11.3 Å². The highest BCUT2D eigenvalue weighted by atomic mass is 32.2. The van der Waals surface area contributed by atoms with Gasteiger partial charge in [0.1, 0.15) is 29.9 Å². The van der Waals surface area contributed by atoms with Crippen LogP contribution in [0, 0.1) is 5.41 Å². The van der Waals surface area contributed by atoms with E-state index < -0.39 is 29.9 Å². The smallest absolute Gasteiger partial charge is 0.132 e. The first kappa shape index (κ1) is 17.5. The molecule has 2 rings (SSSR count). The van der Waals surface area contributed by atoms with Crippen LogP contribution in [0.15, 0.2) is 0 Å². The fraction of sp³-hybridized carbons (Fsp3) is 1.00. The van der Waals surface area contributed by atoms with Gasteiger partial charge in [-0.2, -0.15) is 0 Å². The number of nitrogens with two attached hydrogens (primary N) is 1. The summed E-state index contributed by atoms with van der Waals surface area (Å²) in [5.41, 5.74) is 5.66. The van der Waals surface area contributed by atoms with E-state index in [2.05, 4.69) is 13.8 Å². The van der Waals surface area contributed by atoms with Crippen LogP contribution in [-0.4, -0.2) is 68.2 Å². The summed E-state index contributed by atoms with van der Waals surface area (Å²) < 4.78 is 5.53. The first-order valence-electron chi connectivity index (χ1n) is 7.48. The summed E-state index contributed by atoms with van der Waals surface area (Å²) >= 11 is 1.44. The van der Waals surface area contributed by atoms with Crippen LogP contribution in [0.2, 0.25) is 0 Å². The van der Waals surface area contributed by atoms with Gasteiger partial charge in [-0.15, -0.1) is 11.8 Å². The molecule has 0 spiro atoms. The molecule has 2 fully saturated rings. The molecule has 1 heterocycles. The predicted molar refractivity (Wildman–Crippen MR) is 80.8 cm³/mol. The third kappa shape index (κ3) is 3.72. The molecule has 1 saturated carbocycles. The Bertz CT molecular complexity index is 354. The Morgan fingerprint density at radius 1 is 1.19 bits per heavy atom. The molecule has 1 saturated heterocycles. The molecule has 0 radical (unpaired) electrons. The molecule has 7 atom stereocenters. The van der Waals surface area contributed by atoms with Gasteiger partial charge in [0.25, 0.3) is 0 Å². The molecular weight excluding hydrogens is 294 g/mol. The van der Waals surface area contributed by atoms with E-state index >= 15 is 0 Å². The largest absolute Gasteiger partial charge is 0.394 e. The Morgan fingerprint density at radius 3 is 2.43 bits per heavy atom. The lowest BCUT2D eigenvalue weighted by Gasteiger charge is -2.44. The lowest BCUT2D eigenvalue weighted by Crippen LogP contribution is -2.58. The van der Waals surface area contributed by atoms with Crippen molar-refractivity contribution in [3.63, 3.8) is 0 Å². The highest BCUT2D eigenvalue weighted by molar-refractivity contribution is 8.00. The van der Waals surface area contributed by atoms with Crippen molar-refractivity contribution in [2.24, 2.45) is 11.1 Å². The molecule has 0 aromatic rings. The van der Waals surface area contributed by atoms with Crippen molar-refractivity contribution >= 4 is 11.8 Å². The summed E-state index contributed by atoms with van der Waals surface area (Å²) in [6.45, 7) is 3.93. The molecule has 0 bridgehead atoms. The van der Waals surface area contributed by atoms with Gasteiger partial charge in [-0.05, 0) is 24.7 Å². The van der Waals surface area contributed by atoms with Gasteiger partial charge in [0.05, 0.1) is 6.61 Å². The van der Waals surface area contributed by atoms with Gasteiger partial charge in [0.15, 0.2) is 0 Å². The van der Waals surface area contributed by atoms with Gasteiger partial charge < -0.3 is 30.9 Å². The van der Waals surface area contributed by atoms with Gasteiger partial charge in [0.2, 0.25) is 0 Å². The van der Waals surface area contributed by atoms with Crippen molar-refractivity contribution in [2.75, 3.05) is 6.61 Å². The zero-order valence-electron chi connectivity index (χ0n) is 12.6. The second-order valence-electron chi connectivity index (χ2n) is 6.82. The minimum atomic E-state index is -1.30. The summed E-state index contributed by atoms with van der Waals surface area (Å²) in [7, 11) is 0. The Balaban J connectivity index is 1.96. The van der Waals surface area contributed by atoms with Crippen molar-refractivity contribution < 1.29 is 25.2 Å². The van der Waals surface area contributed by atoms with E-state index in [1.807, 2.05) is 0 Å². The summed E-state index contributed by atoms with van der Waals surface area (Å²) in [5.74, 6) is 0. The first-order chi connectivity index (χ1) is 9.76.